The Kier molecular flexibility index (Phi) is 4.76. The van der Waals surface area contributed by atoms with Crippen LogP contribution in [0.15, 0.2) is 47.5 Å². The van der Waals surface area contributed by atoms with Gasteiger partial charge in [0, 0.05) is 6.54 Å². The summed E-state index contributed by atoms with van der Waals surface area (Å²) < 4.78 is 21.3. The summed E-state index contributed by atoms with van der Waals surface area (Å²) in [5, 5.41) is 0. The number of amides is 1. The maximum Gasteiger partial charge on any atom is 0.252 e. The third-order valence-corrected chi connectivity index (χ3v) is 4.73. The largest absolute Gasteiger partial charge is 0.495 e. The van der Waals surface area contributed by atoms with Crippen LogP contribution in [0.3, 0.4) is 0 Å². The summed E-state index contributed by atoms with van der Waals surface area (Å²) >= 11 is 1.45. The molecule has 0 radical (unpaired) electrons. The van der Waals surface area contributed by atoms with Crippen LogP contribution >= 0.6 is 11.3 Å². The predicted molar refractivity (Wildman–Crippen MR) is 92.7 cm³/mol. The summed E-state index contributed by atoms with van der Waals surface area (Å²) in [7, 11) is 1.63. The Morgan fingerprint density at radius 3 is 2.67 bits per heavy atom. The SMILES string of the molecule is CCn1c(=NC(=O)Cc2ccc(F)cc2)sc2cccc(OC)c21. The van der Waals surface area contributed by atoms with Crippen molar-refractivity contribution in [2.75, 3.05) is 7.11 Å². The number of carbonyl (C=O) groups excluding carboxylic acids is 1. The Labute approximate surface area is 142 Å². The monoisotopic (exact) mass is 344 g/mol. The highest BCUT2D eigenvalue weighted by Crippen LogP contribution is 2.27. The van der Waals surface area contributed by atoms with Crippen LogP contribution in [0.25, 0.3) is 10.2 Å². The van der Waals surface area contributed by atoms with Gasteiger partial charge in [-0.1, -0.05) is 29.5 Å². The van der Waals surface area contributed by atoms with Crippen molar-refractivity contribution in [3.63, 3.8) is 0 Å². The van der Waals surface area contributed by atoms with Crippen molar-refractivity contribution in [3.8, 4) is 5.75 Å². The zero-order valence-electron chi connectivity index (χ0n) is 13.5. The molecule has 0 unspecified atom stereocenters. The molecule has 6 heteroatoms. The smallest absolute Gasteiger partial charge is 0.252 e. The molecule has 124 valence electrons. The van der Waals surface area contributed by atoms with Crippen molar-refractivity contribution < 1.29 is 13.9 Å². The lowest BCUT2D eigenvalue weighted by Gasteiger charge is -2.05. The van der Waals surface area contributed by atoms with Gasteiger partial charge in [-0.3, -0.25) is 4.79 Å². The fourth-order valence-electron chi connectivity index (χ4n) is 2.56. The van der Waals surface area contributed by atoms with Crippen LogP contribution < -0.4 is 9.54 Å². The van der Waals surface area contributed by atoms with Gasteiger partial charge in [0.25, 0.3) is 5.91 Å². The van der Waals surface area contributed by atoms with E-state index in [1.165, 1.54) is 23.5 Å². The number of benzene rings is 2. The molecule has 0 atom stereocenters. The molecule has 1 heterocycles. The van der Waals surface area contributed by atoms with E-state index in [2.05, 4.69) is 4.99 Å². The molecule has 0 N–H and O–H groups in total. The number of hydrogen-bond acceptors (Lipinski definition) is 3. The number of methoxy groups -OCH3 is 1. The molecule has 0 bridgehead atoms. The van der Waals surface area contributed by atoms with E-state index in [0.717, 1.165) is 21.5 Å². The normalized spacial score (nSPS) is 11.9. The second kappa shape index (κ2) is 6.97. The number of aromatic nitrogens is 1. The molecule has 0 saturated carbocycles. The minimum atomic E-state index is -0.316. The zero-order valence-corrected chi connectivity index (χ0v) is 14.3. The van der Waals surface area contributed by atoms with Crippen LogP contribution in [0.2, 0.25) is 0 Å². The topological polar surface area (TPSA) is 43.6 Å². The Morgan fingerprint density at radius 2 is 2.00 bits per heavy atom. The Balaban J connectivity index is 2.00. The minimum absolute atomic E-state index is 0.148. The standard InChI is InChI=1S/C18H17FN2O2S/c1-3-21-17-14(23-2)5-4-6-15(17)24-18(21)20-16(22)11-12-7-9-13(19)10-8-12/h4-10H,3,11H2,1-2H3. The average molecular weight is 344 g/mol. The second-order valence-corrected chi connectivity index (χ2v) is 6.25. The molecule has 1 amide bonds. The van der Waals surface area contributed by atoms with Crippen molar-refractivity contribution in [1.82, 2.24) is 4.57 Å². The first-order valence-corrected chi connectivity index (χ1v) is 8.42. The molecule has 0 aliphatic carbocycles. The fourth-order valence-corrected chi connectivity index (χ4v) is 3.69. The number of hydrogen-bond donors (Lipinski definition) is 0. The van der Waals surface area contributed by atoms with Gasteiger partial charge in [0.05, 0.1) is 18.2 Å². The van der Waals surface area contributed by atoms with Crippen LogP contribution in [0.1, 0.15) is 12.5 Å². The van der Waals surface area contributed by atoms with Crippen LogP contribution in [0, 0.1) is 5.82 Å². The van der Waals surface area contributed by atoms with Crippen molar-refractivity contribution in [2.45, 2.75) is 19.9 Å². The van der Waals surface area contributed by atoms with E-state index < -0.39 is 0 Å². The summed E-state index contributed by atoms with van der Waals surface area (Å²) in [6.45, 7) is 2.69. The minimum Gasteiger partial charge on any atom is -0.495 e. The van der Waals surface area contributed by atoms with Crippen molar-refractivity contribution in [2.24, 2.45) is 4.99 Å². The lowest BCUT2D eigenvalue weighted by Crippen LogP contribution is -2.16. The number of carbonyl (C=O) groups is 1. The summed E-state index contributed by atoms with van der Waals surface area (Å²) in [6.07, 6.45) is 0.148. The second-order valence-electron chi connectivity index (χ2n) is 5.24. The zero-order chi connectivity index (χ0) is 17.1. The van der Waals surface area contributed by atoms with E-state index in [4.69, 9.17) is 4.74 Å². The number of ether oxygens (including phenoxy) is 1. The molecule has 24 heavy (non-hydrogen) atoms. The summed E-state index contributed by atoms with van der Waals surface area (Å²) in [4.78, 5) is 17.2. The molecular weight excluding hydrogens is 327 g/mol. The van der Waals surface area contributed by atoms with Crippen LogP contribution in [-0.2, 0) is 17.8 Å². The van der Waals surface area contributed by atoms with Gasteiger partial charge < -0.3 is 9.30 Å². The lowest BCUT2D eigenvalue weighted by molar-refractivity contribution is -0.117. The fraction of sp³-hybridized carbons (Fsp3) is 0.222. The first kappa shape index (κ1) is 16.4. The van der Waals surface area contributed by atoms with Gasteiger partial charge >= 0.3 is 0 Å². The highest BCUT2D eigenvalue weighted by Gasteiger charge is 2.11. The van der Waals surface area contributed by atoms with Crippen molar-refractivity contribution in [1.29, 1.82) is 0 Å². The van der Waals surface area contributed by atoms with E-state index in [1.54, 1.807) is 19.2 Å². The van der Waals surface area contributed by atoms with Gasteiger partial charge in [-0.05, 0) is 36.8 Å². The number of para-hydroxylation sites is 1. The molecule has 3 rings (SSSR count). The molecule has 0 aliphatic heterocycles. The van der Waals surface area contributed by atoms with Gasteiger partial charge in [-0.15, -0.1) is 0 Å². The van der Waals surface area contributed by atoms with Crippen molar-refractivity contribution >= 4 is 27.5 Å². The molecule has 0 fully saturated rings. The molecule has 3 aromatic rings. The number of nitrogens with zero attached hydrogens (tertiary/aromatic N) is 2. The number of thiazole rings is 1. The molecule has 4 nitrogen and oxygen atoms in total. The highest BCUT2D eigenvalue weighted by molar-refractivity contribution is 7.16. The number of rotatable bonds is 4. The number of fused-ring (bicyclic) bond motifs is 1. The van der Waals surface area contributed by atoms with E-state index >= 15 is 0 Å². The first-order valence-electron chi connectivity index (χ1n) is 7.60. The molecule has 2 aromatic carbocycles. The number of halogens is 1. The van der Waals surface area contributed by atoms with Gasteiger partial charge in [0.1, 0.15) is 17.1 Å². The van der Waals surface area contributed by atoms with E-state index in [0.29, 0.717) is 11.3 Å². The summed E-state index contributed by atoms with van der Waals surface area (Å²) in [5.41, 5.74) is 1.69. The third kappa shape index (κ3) is 3.23. The molecular formula is C18H17FN2O2S. The highest BCUT2D eigenvalue weighted by atomic mass is 32.1. The molecule has 0 saturated heterocycles. The van der Waals surface area contributed by atoms with E-state index in [9.17, 15) is 9.18 Å². The summed E-state index contributed by atoms with van der Waals surface area (Å²) in [5.74, 6) is 0.191. The maximum atomic E-state index is 12.9. The maximum absolute atomic E-state index is 12.9. The van der Waals surface area contributed by atoms with Crippen LogP contribution in [-0.4, -0.2) is 17.6 Å². The van der Waals surface area contributed by atoms with Crippen LogP contribution in [0.4, 0.5) is 4.39 Å². The lowest BCUT2D eigenvalue weighted by atomic mass is 10.1. The average Bonchev–Trinajstić information content (AvgIpc) is 2.93. The third-order valence-electron chi connectivity index (χ3n) is 3.69. The molecule has 0 spiro atoms. The molecule has 1 aromatic heterocycles. The predicted octanol–water partition coefficient (Wildman–Crippen LogP) is 3.54. The Hall–Kier alpha value is -2.47. The Bertz CT molecular complexity index is 942. The van der Waals surface area contributed by atoms with E-state index in [1.807, 2.05) is 29.7 Å². The quantitative estimate of drug-likeness (QED) is 0.726. The van der Waals surface area contributed by atoms with Gasteiger partial charge in [0.15, 0.2) is 4.80 Å². The number of aryl methyl sites for hydroxylation is 1. The van der Waals surface area contributed by atoms with Gasteiger partial charge in [-0.25, -0.2) is 4.39 Å². The molecule has 0 aliphatic rings. The van der Waals surface area contributed by atoms with Crippen molar-refractivity contribution in [3.05, 3.63) is 58.6 Å². The van der Waals surface area contributed by atoms with Gasteiger partial charge in [-0.2, -0.15) is 4.99 Å². The van der Waals surface area contributed by atoms with Crippen LogP contribution in [0.5, 0.6) is 5.75 Å². The van der Waals surface area contributed by atoms with E-state index in [-0.39, 0.29) is 18.1 Å². The summed E-state index contributed by atoms with van der Waals surface area (Å²) in [6, 6.07) is 11.7. The van der Waals surface area contributed by atoms with Gasteiger partial charge in [0.2, 0.25) is 0 Å². The first-order chi connectivity index (χ1) is 11.6. The Morgan fingerprint density at radius 1 is 1.25 bits per heavy atom.